The van der Waals surface area contributed by atoms with Crippen molar-refractivity contribution in [2.24, 2.45) is 0 Å². The number of carbonyl (C=O) groups excluding carboxylic acids is 1. The Balaban J connectivity index is 1.53. The molecule has 1 N–H and O–H groups in total. The second-order valence-electron chi connectivity index (χ2n) is 8.11. The number of amides is 1. The molecule has 4 heterocycles. The van der Waals surface area contributed by atoms with Gasteiger partial charge in [-0.15, -0.1) is 0 Å². The van der Waals surface area contributed by atoms with E-state index in [4.69, 9.17) is 9.97 Å². The zero-order valence-corrected chi connectivity index (χ0v) is 18.0. The summed E-state index contributed by atoms with van der Waals surface area (Å²) in [7, 11) is -1.58. The average molecular weight is 423 g/mol. The fourth-order valence-electron chi connectivity index (χ4n) is 4.50. The molecule has 0 aromatic carbocycles. The molecule has 29 heavy (non-hydrogen) atoms. The second kappa shape index (κ2) is 8.16. The van der Waals surface area contributed by atoms with Gasteiger partial charge >= 0.3 is 0 Å². The number of hydrogen-bond acceptors (Lipinski definition) is 6. The second-order valence-corrected chi connectivity index (χ2v) is 10.0. The summed E-state index contributed by atoms with van der Waals surface area (Å²) in [6, 6.07) is 0. The first-order valence-electron chi connectivity index (χ1n) is 10.5. The molecule has 160 valence electrons. The van der Waals surface area contributed by atoms with E-state index in [0.29, 0.717) is 51.5 Å². The van der Waals surface area contributed by atoms with E-state index in [0.717, 1.165) is 42.8 Å². The van der Waals surface area contributed by atoms with E-state index >= 15 is 0 Å². The van der Waals surface area contributed by atoms with Crippen LogP contribution in [0.3, 0.4) is 0 Å². The molecule has 0 aliphatic carbocycles. The van der Waals surface area contributed by atoms with Crippen molar-refractivity contribution in [3.05, 3.63) is 17.1 Å². The van der Waals surface area contributed by atoms with Crippen LogP contribution < -0.4 is 5.32 Å². The first-order chi connectivity index (χ1) is 13.9. The number of anilines is 1. The highest BCUT2D eigenvalue weighted by molar-refractivity contribution is 7.86. The third-order valence-electron chi connectivity index (χ3n) is 6.24. The van der Waals surface area contributed by atoms with Crippen molar-refractivity contribution in [3.8, 4) is 0 Å². The van der Waals surface area contributed by atoms with Gasteiger partial charge in [-0.3, -0.25) is 4.79 Å². The molecule has 1 aromatic rings. The molecule has 1 atom stereocenters. The fourth-order valence-corrected chi connectivity index (χ4v) is 6.25. The predicted molar refractivity (Wildman–Crippen MR) is 110 cm³/mol. The summed E-state index contributed by atoms with van der Waals surface area (Å²) in [5, 5.41) is 3.14. The first kappa shape index (κ1) is 20.5. The molecule has 9 nitrogen and oxygen atoms in total. The first-order valence-corrected chi connectivity index (χ1v) is 11.9. The lowest BCUT2D eigenvalue weighted by molar-refractivity contribution is -0.129. The van der Waals surface area contributed by atoms with Crippen molar-refractivity contribution in [3.63, 3.8) is 0 Å². The summed E-state index contributed by atoms with van der Waals surface area (Å²) in [5.41, 5.74) is 1.93. The summed E-state index contributed by atoms with van der Waals surface area (Å²) >= 11 is 0. The number of nitrogens with zero attached hydrogens (tertiary/aromatic N) is 5. The lowest BCUT2D eigenvalue weighted by Gasteiger charge is -2.30. The molecular weight excluding hydrogens is 392 g/mol. The Bertz CT molecular complexity index is 867. The van der Waals surface area contributed by atoms with Crippen molar-refractivity contribution in [2.45, 2.75) is 51.5 Å². The van der Waals surface area contributed by atoms with Gasteiger partial charge in [0, 0.05) is 64.6 Å². The molecule has 0 unspecified atom stereocenters. The average Bonchev–Trinajstić information content (AvgIpc) is 3.24. The van der Waals surface area contributed by atoms with Crippen LogP contribution in [0.25, 0.3) is 0 Å². The van der Waals surface area contributed by atoms with Gasteiger partial charge in [-0.2, -0.15) is 17.0 Å². The standard InChI is InChI=1S/C19H30N6O3S/c1-14(26)23-10-7-17-16(13-23)19(20-2)22-18(21-17)15-6-11-25(12-15)29(27,28)24-8-4-3-5-9-24/h15H,3-13H2,1-2H3,(H,20,21,22)/t15-/m0/s1. The van der Waals surface area contributed by atoms with Gasteiger partial charge in [-0.1, -0.05) is 6.42 Å². The van der Waals surface area contributed by atoms with Crippen molar-refractivity contribution in [2.75, 3.05) is 45.1 Å². The molecule has 10 heteroatoms. The number of nitrogens with one attached hydrogen (secondary N) is 1. The van der Waals surface area contributed by atoms with Gasteiger partial charge in [0.2, 0.25) is 5.91 Å². The zero-order chi connectivity index (χ0) is 20.6. The molecular formula is C19H30N6O3S. The molecule has 3 aliphatic heterocycles. The van der Waals surface area contributed by atoms with Gasteiger partial charge in [0.1, 0.15) is 11.6 Å². The number of hydrogen-bond donors (Lipinski definition) is 1. The quantitative estimate of drug-likeness (QED) is 0.776. The van der Waals surface area contributed by atoms with E-state index in [1.807, 2.05) is 7.05 Å². The maximum Gasteiger partial charge on any atom is 0.281 e. The van der Waals surface area contributed by atoms with E-state index in [2.05, 4.69) is 5.32 Å². The number of rotatable bonds is 4. The molecule has 2 saturated heterocycles. The van der Waals surface area contributed by atoms with Crippen LogP contribution >= 0.6 is 0 Å². The third kappa shape index (κ3) is 3.97. The molecule has 0 bridgehead atoms. The molecule has 2 fully saturated rings. The zero-order valence-electron chi connectivity index (χ0n) is 17.2. The summed E-state index contributed by atoms with van der Waals surface area (Å²) in [4.78, 5) is 23.1. The number of aromatic nitrogens is 2. The predicted octanol–water partition coefficient (Wildman–Crippen LogP) is 0.943. The van der Waals surface area contributed by atoms with E-state index in [1.165, 1.54) is 0 Å². The minimum absolute atomic E-state index is 0.00203. The maximum atomic E-state index is 13.0. The lowest BCUT2D eigenvalue weighted by Crippen LogP contribution is -2.45. The van der Waals surface area contributed by atoms with Gasteiger partial charge in [-0.05, 0) is 19.3 Å². The largest absolute Gasteiger partial charge is 0.373 e. The smallest absolute Gasteiger partial charge is 0.281 e. The molecule has 0 radical (unpaired) electrons. The van der Waals surface area contributed by atoms with Crippen molar-refractivity contribution >= 4 is 21.9 Å². The topological polar surface area (TPSA) is 98.7 Å². The van der Waals surface area contributed by atoms with Gasteiger partial charge in [-0.25, -0.2) is 9.97 Å². The van der Waals surface area contributed by atoms with Gasteiger partial charge in [0.05, 0.1) is 12.2 Å². The highest BCUT2D eigenvalue weighted by Crippen LogP contribution is 2.32. The third-order valence-corrected chi connectivity index (χ3v) is 8.25. The van der Waals surface area contributed by atoms with E-state index in [-0.39, 0.29) is 11.8 Å². The van der Waals surface area contributed by atoms with Crippen LogP contribution in [0.15, 0.2) is 0 Å². The van der Waals surface area contributed by atoms with Gasteiger partial charge < -0.3 is 10.2 Å². The lowest BCUT2D eigenvalue weighted by atomic mass is 10.0. The van der Waals surface area contributed by atoms with E-state index in [1.54, 1.807) is 20.4 Å². The van der Waals surface area contributed by atoms with Crippen LogP contribution in [-0.2, 0) is 28.0 Å². The Morgan fingerprint density at radius 2 is 1.83 bits per heavy atom. The van der Waals surface area contributed by atoms with Crippen LogP contribution in [0, 0.1) is 0 Å². The Morgan fingerprint density at radius 3 is 2.52 bits per heavy atom. The van der Waals surface area contributed by atoms with Crippen molar-refractivity contribution in [1.29, 1.82) is 0 Å². The maximum absolute atomic E-state index is 13.0. The van der Waals surface area contributed by atoms with Gasteiger partial charge in [0.15, 0.2) is 0 Å². The number of fused-ring (bicyclic) bond motifs is 1. The molecule has 3 aliphatic rings. The number of carbonyl (C=O) groups is 1. The molecule has 0 spiro atoms. The monoisotopic (exact) mass is 422 g/mol. The van der Waals surface area contributed by atoms with Crippen molar-refractivity contribution in [1.82, 2.24) is 23.5 Å². The Kier molecular flexibility index (Phi) is 5.76. The Morgan fingerprint density at radius 1 is 1.07 bits per heavy atom. The fraction of sp³-hybridized carbons (Fsp3) is 0.737. The SMILES string of the molecule is CNc1nc([C@H]2CCN(S(=O)(=O)N3CCCCC3)C2)nc2c1CN(C(C)=O)CC2. The molecule has 1 amide bonds. The van der Waals surface area contributed by atoms with Crippen LogP contribution in [0.5, 0.6) is 0 Å². The van der Waals surface area contributed by atoms with Crippen LogP contribution in [-0.4, -0.2) is 77.6 Å². The number of piperidine rings is 1. The van der Waals surface area contributed by atoms with Gasteiger partial charge in [0.25, 0.3) is 10.2 Å². The molecule has 4 rings (SSSR count). The minimum Gasteiger partial charge on any atom is -0.373 e. The van der Waals surface area contributed by atoms with Crippen molar-refractivity contribution < 1.29 is 13.2 Å². The highest BCUT2D eigenvalue weighted by Gasteiger charge is 2.38. The summed E-state index contributed by atoms with van der Waals surface area (Å²) in [6.07, 6.45) is 4.40. The molecule has 0 saturated carbocycles. The van der Waals surface area contributed by atoms with Crippen LogP contribution in [0.4, 0.5) is 5.82 Å². The van der Waals surface area contributed by atoms with Crippen LogP contribution in [0.2, 0.25) is 0 Å². The normalized spacial score (nSPS) is 23.8. The summed E-state index contributed by atoms with van der Waals surface area (Å²) in [6.45, 7) is 4.93. The van der Waals surface area contributed by atoms with E-state index in [9.17, 15) is 13.2 Å². The van der Waals surface area contributed by atoms with Crippen LogP contribution in [0.1, 0.15) is 55.6 Å². The Hall–Kier alpha value is -1.78. The highest BCUT2D eigenvalue weighted by atomic mass is 32.2. The summed E-state index contributed by atoms with van der Waals surface area (Å²) < 4.78 is 29.2. The minimum atomic E-state index is -3.40. The Labute approximate surface area is 172 Å². The van der Waals surface area contributed by atoms with E-state index < -0.39 is 10.2 Å². The summed E-state index contributed by atoms with van der Waals surface area (Å²) in [5.74, 6) is 1.50. The molecule has 1 aromatic heterocycles.